The molecule has 1 fully saturated rings. The van der Waals surface area contributed by atoms with Crippen LogP contribution in [0.5, 0.6) is 0 Å². The fourth-order valence-electron chi connectivity index (χ4n) is 3.42. The Morgan fingerprint density at radius 2 is 1.96 bits per heavy atom. The maximum Gasteiger partial charge on any atom is 0.386 e. The fourth-order valence-corrected chi connectivity index (χ4v) is 3.42. The summed E-state index contributed by atoms with van der Waals surface area (Å²) in [5.41, 5.74) is 4.92. The fraction of sp³-hybridized carbons (Fsp3) is 0.381. The molecular weight excluding hydrogens is 365 g/mol. The van der Waals surface area contributed by atoms with E-state index in [-0.39, 0.29) is 6.92 Å². The zero-order valence-electron chi connectivity index (χ0n) is 16.1. The number of aryl methyl sites for hydroxylation is 1. The maximum atomic E-state index is 10.4. The van der Waals surface area contributed by atoms with Crippen LogP contribution in [0.15, 0.2) is 48.7 Å². The van der Waals surface area contributed by atoms with E-state index in [1.165, 1.54) is 29.8 Å². The van der Waals surface area contributed by atoms with E-state index in [1.54, 1.807) is 0 Å². The number of alkyl halides is 3. The number of benzene rings is 2. The molecule has 1 aliphatic heterocycles. The molecule has 2 heterocycles. The minimum Gasteiger partial charge on any atom is -0.381 e. The molecule has 1 atom stereocenters. The summed E-state index contributed by atoms with van der Waals surface area (Å²) in [5, 5.41) is 11.9. The molecule has 7 heteroatoms. The second-order valence-electron chi connectivity index (χ2n) is 7.22. The Hall–Kier alpha value is -2.70. The van der Waals surface area contributed by atoms with Crippen molar-refractivity contribution in [1.82, 2.24) is 10.2 Å². The quantitative estimate of drug-likeness (QED) is 0.619. The lowest BCUT2D eigenvalue weighted by atomic mass is 10.0. The second-order valence-corrected chi connectivity index (χ2v) is 7.22. The third-order valence-corrected chi connectivity index (χ3v) is 4.60. The Balaban J connectivity index is 0.000000403. The zero-order valence-corrected chi connectivity index (χ0v) is 16.1. The number of nitrogens with one attached hydrogen (secondary N) is 2. The van der Waals surface area contributed by atoms with Crippen molar-refractivity contribution in [3.05, 3.63) is 54.2 Å². The normalized spacial score (nSPS) is 17.2. The topological polar surface area (TPSA) is 44.0 Å². The average molecular weight is 390 g/mol. The number of aromatic nitrogens is 2. The standard InChI is InChI=1S/C19H22N4.C2H3F3/c1-14-4-2-6-18(10-14)23-9-3-5-17(13-23)21-16-7-8-19-15(11-16)12-20-22-19;1-2(3,4)5/h2,4,6-8,10-12,17,21H,3,5,9,13H2,1H3,(H,20,22);1H3. The minimum absolute atomic E-state index is 0.188. The first-order valence-electron chi connectivity index (χ1n) is 9.36. The van der Waals surface area contributed by atoms with Gasteiger partial charge in [-0.05, 0) is 55.7 Å². The van der Waals surface area contributed by atoms with Crippen LogP contribution >= 0.6 is 0 Å². The summed E-state index contributed by atoms with van der Waals surface area (Å²) in [4.78, 5) is 2.49. The van der Waals surface area contributed by atoms with Crippen molar-refractivity contribution in [2.45, 2.75) is 38.9 Å². The van der Waals surface area contributed by atoms with Gasteiger partial charge in [-0.3, -0.25) is 5.10 Å². The van der Waals surface area contributed by atoms with Gasteiger partial charge in [0.2, 0.25) is 0 Å². The number of hydrogen-bond donors (Lipinski definition) is 2. The highest BCUT2D eigenvalue weighted by atomic mass is 19.4. The van der Waals surface area contributed by atoms with Crippen LogP contribution in [0.2, 0.25) is 0 Å². The number of aromatic amines is 1. The Morgan fingerprint density at radius 1 is 1.18 bits per heavy atom. The SMILES string of the molecule is CC(F)(F)F.Cc1cccc(N2CCCC(Nc3ccc4[nH]ncc4c3)C2)c1. The van der Waals surface area contributed by atoms with Crippen LogP contribution in [0.4, 0.5) is 24.5 Å². The Kier molecular flexibility index (Phi) is 6.11. The lowest BCUT2D eigenvalue weighted by molar-refractivity contribution is -0.110. The molecule has 0 aliphatic carbocycles. The summed E-state index contributed by atoms with van der Waals surface area (Å²) in [7, 11) is 0. The van der Waals surface area contributed by atoms with Crippen LogP contribution in [0, 0.1) is 6.92 Å². The van der Waals surface area contributed by atoms with Gasteiger partial charge in [-0.2, -0.15) is 18.3 Å². The van der Waals surface area contributed by atoms with Crippen molar-refractivity contribution >= 4 is 22.3 Å². The Morgan fingerprint density at radius 3 is 2.71 bits per heavy atom. The molecule has 150 valence electrons. The van der Waals surface area contributed by atoms with E-state index in [2.05, 4.69) is 69.8 Å². The first-order chi connectivity index (χ1) is 13.3. The molecule has 0 amide bonds. The number of nitrogens with zero attached hydrogens (tertiary/aromatic N) is 2. The van der Waals surface area contributed by atoms with Gasteiger partial charge in [-0.25, -0.2) is 0 Å². The number of H-pyrrole nitrogens is 1. The molecule has 1 unspecified atom stereocenters. The van der Waals surface area contributed by atoms with E-state index < -0.39 is 6.18 Å². The predicted molar refractivity (Wildman–Crippen MR) is 108 cm³/mol. The number of rotatable bonds is 3. The number of fused-ring (bicyclic) bond motifs is 1. The molecule has 0 spiro atoms. The summed E-state index contributed by atoms with van der Waals surface area (Å²) in [6.07, 6.45) is 0.311. The van der Waals surface area contributed by atoms with Gasteiger partial charge < -0.3 is 10.2 Å². The lowest BCUT2D eigenvalue weighted by Gasteiger charge is -2.35. The molecule has 0 saturated carbocycles. The van der Waals surface area contributed by atoms with Gasteiger partial charge in [0, 0.05) is 42.8 Å². The number of hydrogen-bond acceptors (Lipinski definition) is 3. The molecule has 0 bridgehead atoms. The predicted octanol–water partition coefficient (Wildman–Crippen LogP) is 5.52. The van der Waals surface area contributed by atoms with Gasteiger partial charge in [0.25, 0.3) is 0 Å². The highest BCUT2D eigenvalue weighted by Gasteiger charge is 2.20. The van der Waals surface area contributed by atoms with E-state index in [4.69, 9.17) is 0 Å². The molecule has 28 heavy (non-hydrogen) atoms. The largest absolute Gasteiger partial charge is 0.386 e. The molecule has 4 rings (SSSR count). The maximum absolute atomic E-state index is 10.4. The molecule has 2 aromatic carbocycles. The number of halogens is 3. The van der Waals surface area contributed by atoms with Crippen LogP contribution in [-0.4, -0.2) is 35.5 Å². The Labute approximate surface area is 162 Å². The van der Waals surface area contributed by atoms with Crippen molar-refractivity contribution in [2.75, 3.05) is 23.3 Å². The van der Waals surface area contributed by atoms with Gasteiger partial charge >= 0.3 is 6.18 Å². The highest BCUT2D eigenvalue weighted by molar-refractivity contribution is 5.81. The molecule has 1 aliphatic rings. The minimum atomic E-state index is -4.00. The third kappa shape index (κ3) is 5.90. The van der Waals surface area contributed by atoms with Gasteiger partial charge in [0.15, 0.2) is 0 Å². The summed E-state index contributed by atoms with van der Waals surface area (Å²) in [6, 6.07) is 15.7. The van der Waals surface area contributed by atoms with Crippen molar-refractivity contribution < 1.29 is 13.2 Å². The smallest absolute Gasteiger partial charge is 0.381 e. The van der Waals surface area contributed by atoms with Crippen LogP contribution in [0.1, 0.15) is 25.3 Å². The van der Waals surface area contributed by atoms with Crippen molar-refractivity contribution in [1.29, 1.82) is 0 Å². The molecule has 1 aromatic heterocycles. The summed E-state index contributed by atoms with van der Waals surface area (Å²) >= 11 is 0. The molecule has 3 aromatic rings. The third-order valence-electron chi connectivity index (χ3n) is 4.60. The van der Waals surface area contributed by atoms with E-state index in [0.29, 0.717) is 6.04 Å². The van der Waals surface area contributed by atoms with Gasteiger partial charge in [0.05, 0.1) is 11.7 Å². The van der Waals surface area contributed by atoms with E-state index >= 15 is 0 Å². The number of piperidine rings is 1. The van der Waals surface area contributed by atoms with Gasteiger partial charge in [-0.1, -0.05) is 12.1 Å². The average Bonchev–Trinajstić information content (AvgIpc) is 3.08. The summed E-state index contributed by atoms with van der Waals surface area (Å²) in [5.74, 6) is 0. The van der Waals surface area contributed by atoms with Crippen LogP contribution in [-0.2, 0) is 0 Å². The van der Waals surface area contributed by atoms with Crippen molar-refractivity contribution in [2.24, 2.45) is 0 Å². The van der Waals surface area contributed by atoms with E-state index in [9.17, 15) is 13.2 Å². The van der Waals surface area contributed by atoms with Crippen LogP contribution in [0.3, 0.4) is 0 Å². The Bertz CT molecular complexity index is 898. The summed E-state index contributed by atoms with van der Waals surface area (Å²) in [6.45, 7) is 4.53. The van der Waals surface area contributed by atoms with Gasteiger partial charge in [-0.15, -0.1) is 0 Å². The van der Waals surface area contributed by atoms with E-state index in [0.717, 1.165) is 24.0 Å². The second kappa shape index (κ2) is 8.54. The molecule has 1 saturated heterocycles. The molecule has 2 N–H and O–H groups in total. The van der Waals surface area contributed by atoms with Crippen LogP contribution in [0.25, 0.3) is 10.9 Å². The van der Waals surface area contributed by atoms with Crippen molar-refractivity contribution in [3.63, 3.8) is 0 Å². The van der Waals surface area contributed by atoms with E-state index in [1.807, 2.05) is 6.20 Å². The van der Waals surface area contributed by atoms with Crippen LogP contribution < -0.4 is 10.2 Å². The first-order valence-corrected chi connectivity index (χ1v) is 9.36. The number of anilines is 2. The van der Waals surface area contributed by atoms with Gasteiger partial charge in [0.1, 0.15) is 0 Å². The molecule has 0 radical (unpaired) electrons. The van der Waals surface area contributed by atoms with Crippen molar-refractivity contribution in [3.8, 4) is 0 Å². The first kappa shape index (κ1) is 20.0. The zero-order chi connectivity index (χ0) is 20.1. The lowest BCUT2D eigenvalue weighted by Crippen LogP contribution is -2.42. The molecule has 4 nitrogen and oxygen atoms in total. The monoisotopic (exact) mass is 390 g/mol. The highest BCUT2D eigenvalue weighted by Crippen LogP contribution is 2.24. The molecular formula is C21H25F3N4. The summed E-state index contributed by atoms with van der Waals surface area (Å²) < 4.78 is 31.1.